The van der Waals surface area contributed by atoms with Gasteiger partial charge < -0.3 is 19.5 Å². The molecule has 2 N–H and O–H groups in total. The number of aromatic nitrogens is 1. The van der Waals surface area contributed by atoms with E-state index in [1.807, 2.05) is 50.4 Å². The largest absolute Gasteiger partial charge is 0.497 e. The number of aromatic amines is 1. The van der Waals surface area contributed by atoms with Gasteiger partial charge in [0.15, 0.2) is 5.76 Å². The number of carbonyl (C=O) groups excluding carboxylic acids is 1. The predicted molar refractivity (Wildman–Crippen MR) is 136 cm³/mol. The number of para-hydroxylation sites is 1. The number of rotatable bonds is 6. The average Bonchev–Trinajstić information content (AvgIpc) is 3.41. The number of hydrogen-bond acceptors (Lipinski definition) is 3. The Balaban J connectivity index is 1.48. The first-order valence-electron chi connectivity index (χ1n) is 11.4. The highest BCUT2D eigenvalue weighted by molar-refractivity contribution is 6.00. The maximum atomic E-state index is 13.3. The molecule has 2 heterocycles. The van der Waals surface area contributed by atoms with E-state index in [-0.39, 0.29) is 11.8 Å². The van der Waals surface area contributed by atoms with E-state index >= 15 is 0 Å². The van der Waals surface area contributed by atoms with E-state index in [1.54, 1.807) is 7.11 Å². The SMILES string of the molecule is COc1ccc([C@@H](CNC(=O)c2oc3cc(C)cc(C)c3c2C)c2c[nH]c3ccccc23)cc1. The summed E-state index contributed by atoms with van der Waals surface area (Å²) in [6.45, 7) is 6.46. The molecule has 5 heteroatoms. The molecule has 1 amide bonds. The Morgan fingerprint density at radius 2 is 1.82 bits per heavy atom. The fourth-order valence-electron chi connectivity index (χ4n) is 4.91. The van der Waals surface area contributed by atoms with Gasteiger partial charge in [-0.2, -0.15) is 0 Å². The van der Waals surface area contributed by atoms with Gasteiger partial charge in [-0.1, -0.05) is 36.4 Å². The number of hydrogen-bond donors (Lipinski definition) is 2. The quantitative estimate of drug-likeness (QED) is 0.313. The molecular weight excluding hydrogens is 424 g/mol. The van der Waals surface area contributed by atoms with Gasteiger partial charge in [-0.15, -0.1) is 0 Å². The fraction of sp³-hybridized carbons (Fsp3) is 0.207. The van der Waals surface area contributed by atoms with E-state index in [0.29, 0.717) is 12.3 Å². The topological polar surface area (TPSA) is 67.3 Å². The second-order valence-corrected chi connectivity index (χ2v) is 8.84. The molecule has 0 unspecified atom stereocenters. The first kappa shape index (κ1) is 21.8. The summed E-state index contributed by atoms with van der Waals surface area (Å²) in [7, 11) is 1.66. The highest BCUT2D eigenvalue weighted by Gasteiger charge is 2.23. The first-order valence-corrected chi connectivity index (χ1v) is 11.4. The molecule has 0 aliphatic heterocycles. The molecule has 5 nitrogen and oxygen atoms in total. The van der Waals surface area contributed by atoms with Crippen LogP contribution in [0.25, 0.3) is 21.9 Å². The van der Waals surface area contributed by atoms with Gasteiger partial charge in [0.05, 0.1) is 7.11 Å². The van der Waals surface area contributed by atoms with Gasteiger partial charge in [0.2, 0.25) is 0 Å². The third kappa shape index (κ3) is 3.83. The van der Waals surface area contributed by atoms with Crippen molar-refractivity contribution in [3.8, 4) is 5.75 Å². The third-order valence-electron chi connectivity index (χ3n) is 6.56. The van der Waals surface area contributed by atoms with Crippen molar-refractivity contribution in [2.24, 2.45) is 0 Å². The molecule has 0 aliphatic rings. The van der Waals surface area contributed by atoms with Crippen molar-refractivity contribution in [3.05, 3.63) is 100 Å². The van der Waals surface area contributed by atoms with Crippen molar-refractivity contribution >= 4 is 27.8 Å². The number of ether oxygens (including phenoxy) is 1. The zero-order valence-electron chi connectivity index (χ0n) is 19.9. The molecule has 0 bridgehead atoms. The molecule has 1 atom stereocenters. The van der Waals surface area contributed by atoms with E-state index in [9.17, 15) is 4.79 Å². The minimum absolute atomic E-state index is 0.0420. The minimum Gasteiger partial charge on any atom is -0.497 e. The molecule has 5 aromatic rings. The Kier molecular flexibility index (Phi) is 5.62. The molecule has 34 heavy (non-hydrogen) atoms. The summed E-state index contributed by atoms with van der Waals surface area (Å²) < 4.78 is 11.4. The fourth-order valence-corrected chi connectivity index (χ4v) is 4.91. The van der Waals surface area contributed by atoms with Crippen molar-refractivity contribution in [2.45, 2.75) is 26.7 Å². The summed E-state index contributed by atoms with van der Waals surface area (Å²) in [4.78, 5) is 16.6. The van der Waals surface area contributed by atoms with Crippen LogP contribution < -0.4 is 10.1 Å². The first-order chi connectivity index (χ1) is 16.5. The summed E-state index contributed by atoms with van der Waals surface area (Å²) in [6, 6.07) is 20.3. The van der Waals surface area contributed by atoms with Crippen LogP contribution >= 0.6 is 0 Å². The monoisotopic (exact) mass is 452 g/mol. The Bertz CT molecular complexity index is 1490. The van der Waals surface area contributed by atoms with Crippen molar-refractivity contribution in [3.63, 3.8) is 0 Å². The van der Waals surface area contributed by atoms with E-state index in [2.05, 4.69) is 47.6 Å². The summed E-state index contributed by atoms with van der Waals surface area (Å²) in [5.74, 6) is 0.925. The molecule has 0 spiro atoms. The lowest BCUT2D eigenvalue weighted by Crippen LogP contribution is -2.29. The minimum atomic E-state index is -0.205. The zero-order chi connectivity index (χ0) is 23.8. The standard InChI is InChI=1S/C29H28N2O3/c1-17-13-18(2)27-19(3)28(34-26(27)14-17)29(32)31-15-23(20-9-11-21(33-4)12-10-20)24-16-30-25-8-6-5-7-22(24)25/h5-14,16,23,30H,15H2,1-4H3,(H,31,32)/t23-/m1/s1. The van der Waals surface area contributed by atoms with Crippen LogP contribution in [-0.4, -0.2) is 24.5 Å². The van der Waals surface area contributed by atoms with E-state index < -0.39 is 0 Å². The molecule has 0 saturated heterocycles. The van der Waals surface area contributed by atoms with Crippen LogP contribution in [-0.2, 0) is 0 Å². The smallest absolute Gasteiger partial charge is 0.287 e. The predicted octanol–water partition coefficient (Wildman–Crippen LogP) is 6.41. The molecular formula is C29H28N2O3. The Hall–Kier alpha value is -3.99. The van der Waals surface area contributed by atoms with E-state index in [1.165, 1.54) is 0 Å². The number of amides is 1. The Morgan fingerprint density at radius 1 is 1.06 bits per heavy atom. The molecule has 2 aromatic heterocycles. The van der Waals surface area contributed by atoms with Crippen LogP contribution in [0.3, 0.4) is 0 Å². The normalized spacial score (nSPS) is 12.2. The van der Waals surface area contributed by atoms with Crippen LogP contribution in [0, 0.1) is 20.8 Å². The number of methoxy groups -OCH3 is 1. The molecule has 0 fully saturated rings. The highest BCUT2D eigenvalue weighted by atomic mass is 16.5. The van der Waals surface area contributed by atoms with Crippen molar-refractivity contribution < 1.29 is 13.9 Å². The lowest BCUT2D eigenvalue weighted by Gasteiger charge is -2.18. The molecule has 172 valence electrons. The molecule has 0 radical (unpaired) electrons. The van der Waals surface area contributed by atoms with Crippen LogP contribution in [0.15, 0.2) is 71.3 Å². The summed E-state index contributed by atoms with van der Waals surface area (Å²) in [5, 5.41) is 5.29. The number of nitrogens with one attached hydrogen (secondary N) is 2. The second-order valence-electron chi connectivity index (χ2n) is 8.84. The Labute approximate surface area is 198 Å². The van der Waals surface area contributed by atoms with Crippen LogP contribution in [0.1, 0.15) is 44.3 Å². The lowest BCUT2D eigenvalue weighted by atomic mass is 9.90. The number of benzene rings is 3. The molecule has 5 rings (SSSR count). The summed E-state index contributed by atoms with van der Waals surface area (Å²) >= 11 is 0. The van der Waals surface area contributed by atoms with Gasteiger partial charge in [0.1, 0.15) is 11.3 Å². The number of furan rings is 1. The third-order valence-corrected chi connectivity index (χ3v) is 6.56. The number of aryl methyl sites for hydroxylation is 3. The van der Waals surface area contributed by atoms with Gasteiger partial charge in [0, 0.05) is 40.5 Å². The van der Waals surface area contributed by atoms with Gasteiger partial charge in [-0.25, -0.2) is 0 Å². The van der Waals surface area contributed by atoms with E-state index in [4.69, 9.17) is 9.15 Å². The van der Waals surface area contributed by atoms with Crippen LogP contribution in [0.2, 0.25) is 0 Å². The summed E-state index contributed by atoms with van der Waals surface area (Å²) in [5.41, 5.74) is 7.16. The second kappa shape index (κ2) is 8.75. The maximum Gasteiger partial charge on any atom is 0.287 e. The zero-order valence-corrected chi connectivity index (χ0v) is 19.9. The number of H-pyrrole nitrogens is 1. The Morgan fingerprint density at radius 3 is 2.59 bits per heavy atom. The van der Waals surface area contributed by atoms with Gasteiger partial charge >= 0.3 is 0 Å². The van der Waals surface area contributed by atoms with Crippen molar-refractivity contribution in [1.29, 1.82) is 0 Å². The van der Waals surface area contributed by atoms with Crippen molar-refractivity contribution in [2.75, 3.05) is 13.7 Å². The maximum absolute atomic E-state index is 13.3. The summed E-state index contributed by atoms with van der Waals surface area (Å²) in [6.07, 6.45) is 2.03. The molecule has 0 saturated carbocycles. The van der Waals surface area contributed by atoms with Gasteiger partial charge in [-0.3, -0.25) is 4.79 Å². The highest BCUT2D eigenvalue weighted by Crippen LogP contribution is 2.32. The van der Waals surface area contributed by atoms with Crippen LogP contribution in [0.4, 0.5) is 0 Å². The average molecular weight is 453 g/mol. The van der Waals surface area contributed by atoms with Gasteiger partial charge in [0.25, 0.3) is 5.91 Å². The molecule has 0 aliphatic carbocycles. The number of fused-ring (bicyclic) bond motifs is 2. The van der Waals surface area contributed by atoms with Gasteiger partial charge in [-0.05, 0) is 67.3 Å². The lowest BCUT2D eigenvalue weighted by molar-refractivity contribution is 0.0926. The van der Waals surface area contributed by atoms with Crippen LogP contribution in [0.5, 0.6) is 5.75 Å². The number of carbonyl (C=O) groups is 1. The van der Waals surface area contributed by atoms with Crippen molar-refractivity contribution in [1.82, 2.24) is 10.3 Å². The van der Waals surface area contributed by atoms with E-state index in [0.717, 1.165) is 55.4 Å². The molecule has 3 aromatic carbocycles.